The Hall–Kier alpha value is -1.41. The zero-order valence-corrected chi connectivity index (χ0v) is 13.0. The number of nitro groups is 1. The lowest BCUT2D eigenvalue weighted by Gasteiger charge is -2.22. The summed E-state index contributed by atoms with van der Waals surface area (Å²) in [4.78, 5) is 10.1. The molecule has 1 aromatic carbocycles. The van der Waals surface area contributed by atoms with Crippen molar-refractivity contribution in [3.8, 4) is 0 Å². The Morgan fingerprint density at radius 2 is 1.76 bits per heavy atom. The van der Waals surface area contributed by atoms with Crippen LogP contribution in [0.4, 0.5) is 14.5 Å². The summed E-state index contributed by atoms with van der Waals surface area (Å²) >= 11 is 0. The normalized spacial score (nSPS) is 15.0. The van der Waals surface area contributed by atoms with Crippen molar-refractivity contribution in [2.45, 2.75) is 44.9 Å². The molecule has 0 spiro atoms. The van der Waals surface area contributed by atoms with E-state index in [1.807, 2.05) is 0 Å². The molecule has 0 amide bonds. The number of halogens is 2. The fourth-order valence-electron chi connectivity index (χ4n) is 1.55. The van der Waals surface area contributed by atoms with E-state index in [1.165, 1.54) is 12.1 Å². The smallest absolute Gasteiger partial charge is 0.258 e. The quantitative estimate of drug-likeness (QED) is 0.665. The lowest BCUT2D eigenvalue weighted by atomic mass is 10.0. The van der Waals surface area contributed by atoms with E-state index in [1.54, 1.807) is 27.7 Å². The van der Waals surface area contributed by atoms with Gasteiger partial charge in [0.25, 0.3) is 12.1 Å². The van der Waals surface area contributed by atoms with Crippen LogP contribution < -0.4 is 4.72 Å². The van der Waals surface area contributed by atoms with E-state index in [0.717, 1.165) is 6.07 Å². The van der Waals surface area contributed by atoms with Gasteiger partial charge in [-0.05, 0) is 39.3 Å². The van der Waals surface area contributed by atoms with Crippen LogP contribution in [0.5, 0.6) is 0 Å². The van der Waals surface area contributed by atoms with Gasteiger partial charge >= 0.3 is 0 Å². The third kappa shape index (κ3) is 4.82. The van der Waals surface area contributed by atoms with Crippen molar-refractivity contribution in [2.75, 3.05) is 0 Å². The molecule has 118 valence electrons. The summed E-state index contributed by atoms with van der Waals surface area (Å²) in [6, 6.07) is 2.70. The van der Waals surface area contributed by atoms with Crippen molar-refractivity contribution in [3.05, 3.63) is 39.4 Å². The van der Waals surface area contributed by atoms with E-state index in [2.05, 4.69) is 4.72 Å². The zero-order chi connectivity index (χ0) is 16.4. The van der Waals surface area contributed by atoms with Gasteiger partial charge in [-0.1, -0.05) is 0 Å². The monoisotopic (exact) mass is 320 g/mol. The standard InChI is InChI=1S/C13H18F2N2O3S/c1-8(16-21(20)13(2,3)4)9-5-10(12(14)15)7-11(6-9)17(18)19/h5-8,12,16H,1-4H3/t8-,21?/m1/s1. The Bertz CT molecular complexity index is 559. The lowest BCUT2D eigenvalue weighted by molar-refractivity contribution is -0.385. The van der Waals surface area contributed by atoms with Crippen molar-refractivity contribution in [2.24, 2.45) is 0 Å². The van der Waals surface area contributed by atoms with E-state index in [9.17, 15) is 23.1 Å². The molecule has 1 N–H and O–H groups in total. The lowest BCUT2D eigenvalue weighted by Crippen LogP contribution is -2.34. The minimum atomic E-state index is -2.80. The molecule has 2 atom stereocenters. The number of hydrogen-bond donors (Lipinski definition) is 1. The van der Waals surface area contributed by atoms with Gasteiger partial charge in [0.15, 0.2) is 0 Å². The average Bonchev–Trinajstić information content (AvgIpc) is 2.36. The summed E-state index contributed by atoms with van der Waals surface area (Å²) in [6.07, 6.45) is -2.80. The number of nitrogens with one attached hydrogen (secondary N) is 1. The molecule has 1 unspecified atom stereocenters. The first-order valence-electron chi connectivity index (χ1n) is 6.28. The number of rotatable bonds is 5. The molecular weight excluding hydrogens is 302 g/mol. The molecule has 21 heavy (non-hydrogen) atoms. The topological polar surface area (TPSA) is 72.2 Å². The Morgan fingerprint density at radius 1 is 1.24 bits per heavy atom. The number of non-ortho nitro benzene ring substituents is 1. The summed E-state index contributed by atoms with van der Waals surface area (Å²) in [7, 11) is -1.41. The molecule has 0 aliphatic heterocycles. The fraction of sp³-hybridized carbons (Fsp3) is 0.538. The van der Waals surface area contributed by atoms with Crippen LogP contribution in [0.1, 0.15) is 51.3 Å². The van der Waals surface area contributed by atoms with Crippen LogP contribution in [0, 0.1) is 10.1 Å². The van der Waals surface area contributed by atoms with E-state index < -0.39 is 44.4 Å². The first kappa shape index (κ1) is 17.6. The summed E-state index contributed by atoms with van der Waals surface area (Å²) < 4.78 is 39.9. The molecule has 0 fully saturated rings. The van der Waals surface area contributed by atoms with Crippen molar-refractivity contribution >= 4 is 16.7 Å². The highest BCUT2D eigenvalue weighted by atomic mass is 32.2. The van der Waals surface area contributed by atoms with Crippen LogP contribution in [-0.4, -0.2) is 13.9 Å². The van der Waals surface area contributed by atoms with Crippen LogP contribution in [0.2, 0.25) is 0 Å². The van der Waals surface area contributed by atoms with E-state index >= 15 is 0 Å². The molecule has 5 nitrogen and oxygen atoms in total. The maximum absolute atomic E-state index is 12.8. The minimum absolute atomic E-state index is 0.303. The molecule has 0 aliphatic carbocycles. The molecule has 0 saturated carbocycles. The number of benzene rings is 1. The average molecular weight is 320 g/mol. The van der Waals surface area contributed by atoms with E-state index in [0.29, 0.717) is 5.56 Å². The third-order valence-corrected chi connectivity index (χ3v) is 4.45. The molecule has 8 heteroatoms. The number of nitrogens with zero attached hydrogens (tertiary/aromatic N) is 1. The largest absolute Gasteiger partial charge is 0.270 e. The van der Waals surface area contributed by atoms with Gasteiger partial charge < -0.3 is 0 Å². The molecule has 0 aromatic heterocycles. The summed E-state index contributed by atoms with van der Waals surface area (Å²) in [5.74, 6) is 0. The molecule has 1 aromatic rings. The molecule has 0 heterocycles. The SMILES string of the molecule is C[C@@H](NS(=O)C(C)(C)C)c1cc(C(F)F)cc([N+](=O)[O-])c1. The summed E-state index contributed by atoms with van der Waals surface area (Å²) in [5, 5.41) is 10.8. The van der Waals surface area contributed by atoms with Crippen molar-refractivity contribution < 1.29 is 17.9 Å². The number of hydrogen-bond acceptors (Lipinski definition) is 3. The van der Waals surface area contributed by atoms with Gasteiger partial charge in [-0.2, -0.15) is 0 Å². The molecule has 0 radical (unpaired) electrons. The van der Waals surface area contributed by atoms with Crippen LogP contribution >= 0.6 is 0 Å². The second-order valence-electron chi connectivity index (χ2n) is 5.64. The van der Waals surface area contributed by atoms with Gasteiger partial charge in [0.1, 0.15) is 0 Å². The maximum atomic E-state index is 12.8. The number of alkyl halides is 2. The molecular formula is C13H18F2N2O3S. The van der Waals surface area contributed by atoms with Crippen molar-refractivity contribution in [1.29, 1.82) is 0 Å². The number of nitro benzene ring substituents is 1. The molecule has 0 saturated heterocycles. The van der Waals surface area contributed by atoms with Gasteiger partial charge in [-0.3, -0.25) is 10.1 Å². The highest BCUT2D eigenvalue weighted by Gasteiger charge is 2.23. The molecule has 1 rings (SSSR count). The highest BCUT2D eigenvalue weighted by Crippen LogP contribution is 2.28. The first-order valence-corrected chi connectivity index (χ1v) is 7.43. The third-order valence-electron chi connectivity index (χ3n) is 2.77. The minimum Gasteiger partial charge on any atom is -0.258 e. The Kier molecular flexibility index (Phi) is 5.52. The predicted molar refractivity (Wildman–Crippen MR) is 77.5 cm³/mol. The van der Waals surface area contributed by atoms with Crippen LogP contribution in [0.3, 0.4) is 0 Å². The van der Waals surface area contributed by atoms with E-state index in [4.69, 9.17) is 0 Å². The Balaban J connectivity index is 3.11. The fourth-order valence-corrected chi connectivity index (χ4v) is 2.36. The Morgan fingerprint density at radius 3 is 2.19 bits per heavy atom. The van der Waals surface area contributed by atoms with Crippen LogP contribution in [0.15, 0.2) is 18.2 Å². The zero-order valence-electron chi connectivity index (χ0n) is 12.2. The van der Waals surface area contributed by atoms with Gasteiger partial charge in [-0.15, -0.1) is 0 Å². The molecule has 0 bridgehead atoms. The van der Waals surface area contributed by atoms with Gasteiger partial charge in [-0.25, -0.2) is 17.7 Å². The van der Waals surface area contributed by atoms with Crippen LogP contribution in [-0.2, 0) is 11.0 Å². The van der Waals surface area contributed by atoms with Gasteiger partial charge in [0.2, 0.25) is 0 Å². The maximum Gasteiger partial charge on any atom is 0.270 e. The predicted octanol–water partition coefficient (Wildman–Crippen LogP) is 3.65. The van der Waals surface area contributed by atoms with Crippen molar-refractivity contribution in [1.82, 2.24) is 4.72 Å². The summed E-state index contributed by atoms with van der Waals surface area (Å²) in [5.41, 5.74) is -0.524. The van der Waals surface area contributed by atoms with Gasteiger partial charge in [0, 0.05) is 23.7 Å². The van der Waals surface area contributed by atoms with Crippen molar-refractivity contribution in [3.63, 3.8) is 0 Å². The van der Waals surface area contributed by atoms with E-state index in [-0.39, 0.29) is 0 Å². The second kappa shape index (κ2) is 6.57. The summed E-state index contributed by atoms with van der Waals surface area (Å²) in [6.45, 7) is 6.92. The Labute approximate surface area is 124 Å². The van der Waals surface area contributed by atoms with Crippen LogP contribution in [0.25, 0.3) is 0 Å². The first-order chi connectivity index (χ1) is 9.52. The van der Waals surface area contributed by atoms with Gasteiger partial charge in [0.05, 0.1) is 20.7 Å². The highest BCUT2D eigenvalue weighted by molar-refractivity contribution is 7.84. The second-order valence-corrected chi connectivity index (χ2v) is 7.63. The molecule has 0 aliphatic rings.